The third-order valence-corrected chi connectivity index (χ3v) is 6.07. The van der Waals surface area contributed by atoms with Crippen molar-refractivity contribution in [1.29, 1.82) is 0 Å². The standard InChI is InChI=1S/C25H28N2O7S/c1-4-26-25(29)27(17-21-8-7-15-32-21)16-19-11-13-20(14-12-19)34-35(30,31)23-10-6-5-9-22(23)24(28)33-18(2)3/h5-15,18H,4,16-17H2,1-3H3,(H,26,29). The van der Waals surface area contributed by atoms with Gasteiger partial charge in [-0.1, -0.05) is 24.3 Å². The van der Waals surface area contributed by atoms with Crippen LogP contribution in [-0.4, -0.2) is 38.0 Å². The number of ether oxygens (including phenoxy) is 1. The smallest absolute Gasteiger partial charge is 0.340 e. The number of nitrogens with zero attached hydrogens (tertiary/aromatic N) is 1. The Bertz CT molecular complexity index is 1240. The number of urea groups is 1. The number of rotatable bonds is 10. The lowest BCUT2D eigenvalue weighted by molar-refractivity contribution is 0.0373. The van der Waals surface area contributed by atoms with Crippen molar-refractivity contribution in [2.24, 2.45) is 0 Å². The molecular weight excluding hydrogens is 472 g/mol. The maximum absolute atomic E-state index is 12.9. The molecule has 2 amide bonds. The van der Waals surface area contributed by atoms with Crippen LogP contribution >= 0.6 is 0 Å². The Morgan fingerprint density at radius 2 is 1.71 bits per heavy atom. The summed E-state index contributed by atoms with van der Waals surface area (Å²) in [5.41, 5.74) is 0.654. The molecule has 35 heavy (non-hydrogen) atoms. The minimum absolute atomic E-state index is 0.0661. The molecule has 2 aromatic carbocycles. The van der Waals surface area contributed by atoms with E-state index in [1.165, 1.54) is 30.3 Å². The SMILES string of the molecule is CCNC(=O)N(Cc1ccc(OS(=O)(=O)c2ccccc2C(=O)OC(C)C)cc1)Cc1ccco1. The zero-order valence-electron chi connectivity index (χ0n) is 19.8. The van der Waals surface area contributed by atoms with E-state index in [1.54, 1.807) is 55.3 Å². The van der Waals surface area contributed by atoms with Crippen LogP contribution in [-0.2, 0) is 27.9 Å². The lowest BCUT2D eigenvalue weighted by Gasteiger charge is -2.22. The molecule has 0 aliphatic heterocycles. The third kappa shape index (κ3) is 7.10. The Morgan fingerprint density at radius 3 is 2.34 bits per heavy atom. The lowest BCUT2D eigenvalue weighted by Crippen LogP contribution is -2.38. The number of amides is 2. The fourth-order valence-corrected chi connectivity index (χ4v) is 4.35. The Morgan fingerprint density at radius 1 is 1.00 bits per heavy atom. The van der Waals surface area contributed by atoms with Gasteiger partial charge in [-0.3, -0.25) is 0 Å². The van der Waals surface area contributed by atoms with Crippen molar-refractivity contribution < 1.29 is 31.3 Å². The maximum atomic E-state index is 12.9. The molecule has 0 bridgehead atoms. The van der Waals surface area contributed by atoms with Crippen molar-refractivity contribution in [2.75, 3.05) is 6.54 Å². The van der Waals surface area contributed by atoms with Gasteiger partial charge in [-0.15, -0.1) is 0 Å². The quantitative estimate of drug-likeness (QED) is 0.325. The second-order valence-corrected chi connectivity index (χ2v) is 9.42. The highest BCUT2D eigenvalue weighted by molar-refractivity contribution is 7.87. The lowest BCUT2D eigenvalue weighted by atomic mass is 10.2. The summed E-state index contributed by atoms with van der Waals surface area (Å²) in [6, 6.07) is 15.3. The molecule has 1 N–H and O–H groups in total. The van der Waals surface area contributed by atoms with Gasteiger partial charge >= 0.3 is 22.1 Å². The molecule has 0 spiro atoms. The van der Waals surface area contributed by atoms with Crippen LogP contribution in [0.5, 0.6) is 5.75 Å². The van der Waals surface area contributed by atoms with Gasteiger partial charge < -0.3 is 23.6 Å². The molecule has 0 saturated heterocycles. The van der Waals surface area contributed by atoms with Crippen molar-refractivity contribution in [3.63, 3.8) is 0 Å². The minimum Gasteiger partial charge on any atom is -0.467 e. The monoisotopic (exact) mass is 500 g/mol. The van der Waals surface area contributed by atoms with Gasteiger partial charge in [0.25, 0.3) is 0 Å². The maximum Gasteiger partial charge on any atom is 0.340 e. The van der Waals surface area contributed by atoms with Gasteiger partial charge in [-0.2, -0.15) is 8.42 Å². The molecule has 10 heteroatoms. The number of carbonyl (C=O) groups is 2. The van der Waals surface area contributed by atoms with Crippen LogP contribution in [0, 0.1) is 0 Å². The van der Waals surface area contributed by atoms with E-state index in [-0.39, 0.29) is 35.3 Å². The van der Waals surface area contributed by atoms with Crippen molar-refractivity contribution in [3.05, 3.63) is 83.8 Å². The molecule has 0 fully saturated rings. The van der Waals surface area contributed by atoms with E-state index in [2.05, 4.69) is 5.32 Å². The van der Waals surface area contributed by atoms with E-state index in [0.29, 0.717) is 12.3 Å². The van der Waals surface area contributed by atoms with Gasteiger partial charge in [0.15, 0.2) is 0 Å². The normalized spacial score (nSPS) is 11.2. The summed E-state index contributed by atoms with van der Waals surface area (Å²) in [5, 5.41) is 2.77. The fourth-order valence-electron chi connectivity index (χ4n) is 3.23. The summed E-state index contributed by atoms with van der Waals surface area (Å²) >= 11 is 0. The van der Waals surface area contributed by atoms with Crippen LogP contribution in [0.2, 0.25) is 0 Å². The van der Waals surface area contributed by atoms with Crippen molar-refractivity contribution >= 4 is 22.1 Å². The molecule has 1 aromatic heterocycles. The van der Waals surface area contributed by atoms with Crippen LogP contribution in [0.15, 0.2) is 76.2 Å². The molecule has 3 aromatic rings. The van der Waals surface area contributed by atoms with E-state index in [0.717, 1.165) is 5.56 Å². The Kier molecular flexibility index (Phi) is 8.53. The second kappa shape index (κ2) is 11.6. The van der Waals surface area contributed by atoms with E-state index in [1.807, 2.05) is 6.92 Å². The van der Waals surface area contributed by atoms with Gasteiger partial charge in [-0.05, 0) is 62.7 Å². The second-order valence-electron chi connectivity index (χ2n) is 7.90. The first-order valence-corrected chi connectivity index (χ1v) is 12.5. The van der Waals surface area contributed by atoms with Crippen molar-refractivity contribution in [1.82, 2.24) is 10.2 Å². The average Bonchev–Trinajstić information content (AvgIpc) is 3.32. The molecule has 0 aliphatic carbocycles. The van der Waals surface area contributed by atoms with Gasteiger partial charge in [0.05, 0.1) is 24.5 Å². The summed E-state index contributed by atoms with van der Waals surface area (Å²) in [6.07, 6.45) is 1.14. The molecule has 0 aliphatic rings. The van der Waals surface area contributed by atoms with Crippen LogP contribution in [0.1, 0.15) is 42.5 Å². The van der Waals surface area contributed by atoms with Crippen LogP contribution in [0.3, 0.4) is 0 Å². The number of esters is 1. The highest BCUT2D eigenvalue weighted by atomic mass is 32.2. The summed E-state index contributed by atoms with van der Waals surface area (Å²) < 4.78 is 41.6. The summed E-state index contributed by atoms with van der Waals surface area (Å²) in [5.74, 6) is -0.0477. The zero-order chi connectivity index (χ0) is 25.4. The topological polar surface area (TPSA) is 115 Å². The number of benzene rings is 2. The fraction of sp³-hybridized carbons (Fsp3) is 0.280. The van der Waals surface area contributed by atoms with Crippen LogP contribution in [0.25, 0.3) is 0 Å². The predicted octanol–water partition coefficient (Wildman–Crippen LogP) is 4.34. The Labute approximate surface area is 204 Å². The minimum atomic E-state index is -4.30. The van der Waals surface area contributed by atoms with Crippen LogP contribution < -0.4 is 9.50 Å². The number of hydrogen-bond donors (Lipinski definition) is 1. The molecule has 3 rings (SSSR count). The molecule has 186 valence electrons. The number of nitrogens with one attached hydrogen (secondary N) is 1. The van der Waals surface area contributed by atoms with Gasteiger partial charge in [-0.25, -0.2) is 9.59 Å². The van der Waals surface area contributed by atoms with Crippen LogP contribution in [0.4, 0.5) is 4.79 Å². The predicted molar refractivity (Wildman–Crippen MR) is 128 cm³/mol. The van der Waals surface area contributed by atoms with Crippen molar-refractivity contribution in [2.45, 2.75) is 44.9 Å². The molecule has 0 unspecified atom stereocenters. The van der Waals surface area contributed by atoms with E-state index >= 15 is 0 Å². The number of furan rings is 1. The van der Waals surface area contributed by atoms with Gasteiger partial charge in [0, 0.05) is 13.1 Å². The number of carbonyl (C=O) groups excluding carboxylic acids is 2. The highest BCUT2D eigenvalue weighted by Crippen LogP contribution is 2.23. The molecule has 0 atom stereocenters. The first-order chi connectivity index (χ1) is 16.7. The molecule has 0 radical (unpaired) electrons. The molecular formula is C25H28N2O7S. The number of hydrogen-bond acceptors (Lipinski definition) is 7. The summed E-state index contributed by atoms with van der Waals surface area (Å²) in [6.45, 7) is 6.20. The third-order valence-electron chi connectivity index (χ3n) is 4.76. The first kappa shape index (κ1) is 25.8. The summed E-state index contributed by atoms with van der Waals surface area (Å²) in [4.78, 5) is 26.1. The Balaban J connectivity index is 1.75. The largest absolute Gasteiger partial charge is 0.467 e. The van der Waals surface area contributed by atoms with E-state index in [9.17, 15) is 18.0 Å². The van der Waals surface area contributed by atoms with Gasteiger partial charge in [0.1, 0.15) is 16.4 Å². The van der Waals surface area contributed by atoms with Gasteiger partial charge in [0.2, 0.25) is 0 Å². The van der Waals surface area contributed by atoms with E-state index in [4.69, 9.17) is 13.3 Å². The first-order valence-electron chi connectivity index (χ1n) is 11.1. The Hall–Kier alpha value is -3.79. The highest BCUT2D eigenvalue weighted by Gasteiger charge is 2.25. The average molecular weight is 501 g/mol. The van der Waals surface area contributed by atoms with Crippen molar-refractivity contribution in [3.8, 4) is 5.75 Å². The molecule has 9 nitrogen and oxygen atoms in total. The van der Waals surface area contributed by atoms with E-state index < -0.39 is 22.2 Å². The zero-order valence-corrected chi connectivity index (χ0v) is 20.6. The summed E-state index contributed by atoms with van der Waals surface area (Å²) in [7, 11) is -4.30. The molecule has 0 saturated carbocycles. The molecule has 1 heterocycles.